The number of allylic oxidation sites excluding steroid dienone is 1. The van der Waals surface area contributed by atoms with E-state index < -0.39 is 17.7 Å². The van der Waals surface area contributed by atoms with Gasteiger partial charge in [0.05, 0.1) is 5.56 Å². The van der Waals surface area contributed by atoms with E-state index in [1.54, 1.807) is 6.08 Å². The Morgan fingerprint density at radius 2 is 2.04 bits per heavy atom. The minimum absolute atomic E-state index is 0.0194. The molecule has 0 saturated heterocycles. The van der Waals surface area contributed by atoms with Gasteiger partial charge in [0.2, 0.25) is 0 Å². The van der Waals surface area contributed by atoms with Crippen molar-refractivity contribution in [3.8, 4) is 5.75 Å². The largest absolute Gasteiger partial charge is 0.485 e. The van der Waals surface area contributed by atoms with Crippen molar-refractivity contribution in [1.82, 2.24) is 0 Å². The Bertz CT molecular complexity index is 652. The van der Waals surface area contributed by atoms with Crippen LogP contribution in [0.4, 0.5) is 13.2 Å². The molecule has 136 valence electrons. The maximum Gasteiger partial charge on any atom is 0.416 e. The van der Waals surface area contributed by atoms with Gasteiger partial charge in [-0.25, -0.2) is 0 Å². The highest BCUT2D eigenvalue weighted by Gasteiger charge is 2.30. The van der Waals surface area contributed by atoms with Gasteiger partial charge in [0.25, 0.3) is 0 Å². The average Bonchev–Trinajstić information content (AvgIpc) is 2.97. The molecule has 1 saturated carbocycles. The topological polar surface area (TPSA) is 63.6 Å². The summed E-state index contributed by atoms with van der Waals surface area (Å²) < 4.78 is 43.0. The Morgan fingerprint density at radius 3 is 2.72 bits per heavy atom. The Morgan fingerprint density at radius 1 is 1.28 bits per heavy atom. The molecular weight excluding hydrogens is 337 g/mol. The molecule has 0 amide bonds. The first-order valence-corrected chi connectivity index (χ1v) is 7.98. The van der Waals surface area contributed by atoms with Crippen LogP contribution < -0.4 is 4.74 Å². The number of carbonyl (C=O) groups excluding carboxylic acids is 1. The number of halogens is 3. The number of benzene rings is 1. The van der Waals surface area contributed by atoms with Crippen LogP contribution in [0.15, 0.2) is 36.4 Å². The molecule has 2 atom stereocenters. The molecule has 1 N–H and O–H groups in total. The van der Waals surface area contributed by atoms with E-state index in [2.05, 4.69) is 0 Å². The average molecular weight is 356 g/mol. The molecule has 1 fully saturated rings. The number of rotatable bonds is 7. The molecule has 0 bridgehead atoms. The van der Waals surface area contributed by atoms with Gasteiger partial charge in [0.1, 0.15) is 5.75 Å². The number of carboxylic acid groups (broad SMARTS) is 1. The van der Waals surface area contributed by atoms with Crippen LogP contribution in [0.25, 0.3) is 0 Å². The van der Waals surface area contributed by atoms with Crippen LogP contribution in [0.5, 0.6) is 5.75 Å². The Hall–Kier alpha value is -2.31. The van der Waals surface area contributed by atoms with Crippen LogP contribution in [-0.2, 0) is 15.8 Å². The summed E-state index contributed by atoms with van der Waals surface area (Å²) in [5.41, 5.74) is -0.838. The quantitative estimate of drug-likeness (QED) is 0.747. The molecule has 1 aromatic carbocycles. The maximum absolute atomic E-state index is 12.6. The lowest BCUT2D eigenvalue weighted by Crippen LogP contribution is -2.13. The number of ketones is 1. The summed E-state index contributed by atoms with van der Waals surface area (Å²) in [4.78, 5) is 22.6. The fourth-order valence-electron chi connectivity index (χ4n) is 2.99. The van der Waals surface area contributed by atoms with Gasteiger partial charge in [-0.05, 0) is 49.0 Å². The number of hydrogen-bond acceptors (Lipinski definition) is 3. The molecular formula is C18H19F3O4. The summed E-state index contributed by atoms with van der Waals surface area (Å²) in [6.45, 7) is -0.367. The molecule has 4 nitrogen and oxygen atoms in total. The zero-order valence-corrected chi connectivity index (χ0v) is 13.5. The second kappa shape index (κ2) is 8.18. The molecule has 1 aromatic rings. The molecule has 0 heterocycles. The normalized spacial score (nSPS) is 20.8. The van der Waals surface area contributed by atoms with Crippen molar-refractivity contribution in [1.29, 1.82) is 0 Å². The van der Waals surface area contributed by atoms with Gasteiger partial charge in [0.15, 0.2) is 12.4 Å². The predicted molar refractivity (Wildman–Crippen MR) is 84.2 cm³/mol. The minimum Gasteiger partial charge on any atom is -0.485 e. The Kier molecular flexibility index (Phi) is 6.22. The van der Waals surface area contributed by atoms with Crippen molar-refractivity contribution < 1.29 is 32.6 Å². The van der Waals surface area contributed by atoms with Crippen molar-refractivity contribution in [2.45, 2.75) is 31.9 Å². The van der Waals surface area contributed by atoms with Crippen molar-refractivity contribution in [3.63, 3.8) is 0 Å². The second-order valence-corrected chi connectivity index (χ2v) is 6.09. The lowest BCUT2D eigenvalue weighted by molar-refractivity contribution is -0.138. The Balaban J connectivity index is 1.87. The van der Waals surface area contributed by atoms with E-state index in [4.69, 9.17) is 9.84 Å². The molecule has 1 unspecified atom stereocenters. The molecule has 0 aromatic heterocycles. The van der Waals surface area contributed by atoms with Crippen LogP contribution in [0.2, 0.25) is 0 Å². The van der Waals surface area contributed by atoms with Crippen molar-refractivity contribution in [3.05, 3.63) is 42.0 Å². The van der Waals surface area contributed by atoms with E-state index in [0.717, 1.165) is 31.4 Å². The van der Waals surface area contributed by atoms with E-state index in [9.17, 15) is 22.8 Å². The van der Waals surface area contributed by atoms with Gasteiger partial charge < -0.3 is 9.84 Å². The summed E-state index contributed by atoms with van der Waals surface area (Å²) in [5, 5.41) is 8.87. The molecule has 25 heavy (non-hydrogen) atoms. The monoisotopic (exact) mass is 356 g/mol. The molecule has 1 aliphatic carbocycles. The predicted octanol–water partition coefficient (Wildman–Crippen LogP) is 4.10. The van der Waals surface area contributed by atoms with Crippen LogP contribution in [-0.4, -0.2) is 23.5 Å². The SMILES string of the molecule is O=C(O)C[C@H]1CCCC1/C=C/C(=O)COc1cccc(C(F)(F)F)c1. The number of hydrogen-bond donors (Lipinski definition) is 1. The first kappa shape index (κ1) is 19.0. The fourth-order valence-corrected chi connectivity index (χ4v) is 2.99. The molecule has 0 spiro atoms. The minimum atomic E-state index is -4.47. The fraction of sp³-hybridized carbons (Fsp3) is 0.444. The van der Waals surface area contributed by atoms with Gasteiger partial charge in [-0.2, -0.15) is 13.2 Å². The second-order valence-electron chi connectivity index (χ2n) is 6.09. The lowest BCUT2D eigenvalue weighted by atomic mass is 9.92. The summed E-state index contributed by atoms with van der Waals surface area (Å²) in [6.07, 6.45) is 1.19. The third-order valence-electron chi connectivity index (χ3n) is 4.23. The van der Waals surface area contributed by atoms with E-state index in [1.165, 1.54) is 18.2 Å². The van der Waals surface area contributed by atoms with E-state index in [-0.39, 0.29) is 36.4 Å². The van der Waals surface area contributed by atoms with Crippen LogP contribution in [0.3, 0.4) is 0 Å². The third kappa shape index (κ3) is 5.92. The third-order valence-corrected chi connectivity index (χ3v) is 4.23. The smallest absolute Gasteiger partial charge is 0.416 e. The van der Waals surface area contributed by atoms with Gasteiger partial charge >= 0.3 is 12.1 Å². The number of ether oxygens (including phenoxy) is 1. The van der Waals surface area contributed by atoms with Crippen molar-refractivity contribution in [2.75, 3.05) is 6.61 Å². The van der Waals surface area contributed by atoms with Gasteiger partial charge in [-0.3, -0.25) is 9.59 Å². The highest BCUT2D eigenvalue weighted by Crippen LogP contribution is 2.35. The number of carbonyl (C=O) groups is 2. The van der Waals surface area contributed by atoms with Gasteiger partial charge in [-0.1, -0.05) is 18.6 Å². The van der Waals surface area contributed by atoms with E-state index in [0.29, 0.717) is 0 Å². The van der Waals surface area contributed by atoms with Crippen molar-refractivity contribution in [2.24, 2.45) is 11.8 Å². The highest BCUT2D eigenvalue weighted by atomic mass is 19.4. The molecule has 0 radical (unpaired) electrons. The van der Waals surface area contributed by atoms with Crippen LogP contribution in [0, 0.1) is 11.8 Å². The molecule has 0 aliphatic heterocycles. The molecule has 7 heteroatoms. The summed E-state index contributed by atoms with van der Waals surface area (Å²) >= 11 is 0. The standard InChI is InChI=1S/C18H19F3O4/c19-18(20,21)14-5-2-6-16(10-14)25-11-15(22)8-7-12-3-1-4-13(12)9-17(23)24/h2,5-8,10,12-13H,1,3-4,9,11H2,(H,23,24)/b8-7+/t12?,13-/m1/s1. The van der Waals surface area contributed by atoms with E-state index in [1.807, 2.05) is 0 Å². The van der Waals surface area contributed by atoms with Gasteiger partial charge in [0, 0.05) is 6.42 Å². The van der Waals surface area contributed by atoms with E-state index >= 15 is 0 Å². The van der Waals surface area contributed by atoms with Crippen LogP contribution in [0.1, 0.15) is 31.2 Å². The van der Waals surface area contributed by atoms with Crippen molar-refractivity contribution >= 4 is 11.8 Å². The number of alkyl halides is 3. The number of aliphatic carboxylic acids is 1. The zero-order valence-electron chi connectivity index (χ0n) is 13.5. The summed E-state index contributed by atoms with van der Waals surface area (Å²) in [6, 6.07) is 4.34. The molecule has 2 rings (SSSR count). The summed E-state index contributed by atoms with van der Waals surface area (Å²) in [7, 11) is 0. The number of carboxylic acids is 1. The highest BCUT2D eigenvalue weighted by molar-refractivity contribution is 5.91. The Labute approximate surface area is 143 Å². The summed E-state index contributed by atoms with van der Waals surface area (Å²) in [5.74, 6) is -1.20. The first-order chi connectivity index (χ1) is 11.8. The molecule has 1 aliphatic rings. The lowest BCUT2D eigenvalue weighted by Gasteiger charge is -2.13. The van der Waals surface area contributed by atoms with Crippen LogP contribution >= 0.6 is 0 Å². The first-order valence-electron chi connectivity index (χ1n) is 7.98. The maximum atomic E-state index is 12.6. The zero-order chi connectivity index (χ0) is 18.4. The van der Waals surface area contributed by atoms with Gasteiger partial charge in [-0.15, -0.1) is 0 Å².